The maximum absolute atomic E-state index is 10.4. The molecule has 1 fully saturated rings. The maximum Gasteiger partial charge on any atom is 0.323 e. The molecule has 50 nitrogen and oxygen atoms in total. The molecule has 13 atom stereocenters. The zero-order valence-corrected chi connectivity index (χ0v) is 67.5. The molecule has 0 spiro atoms. The number of aliphatic carboxylic acids is 14. The van der Waals surface area contributed by atoms with E-state index in [1.807, 2.05) is 36.6 Å². The minimum Gasteiger partial charge on any atom is -0.508 e. The minimum absolute atomic E-state index is 0.0129. The van der Waals surface area contributed by atoms with Gasteiger partial charge in [-0.1, -0.05) is 62.7 Å². The van der Waals surface area contributed by atoms with Crippen molar-refractivity contribution < 1.29 is 154 Å². The number of imidazole rings is 1. The van der Waals surface area contributed by atoms with E-state index in [1.54, 1.807) is 43.9 Å². The van der Waals surface area contributed by atoms with Crippen molar-refractivity contribution in [2.24, 2.45) is 96.9 Å². The van der Waals surface area contributed by atoms with Crippen LogP contribution < -0.4 is 91.3 Å². The fourth-order valence-corrected chi connectivity index (χ4v) is 6.65. The van der Waals surface area contributed by atoms with Crippen molar-refractivity contribution in [2.75, 3.05) is 44.8 Å². The van der Waals surface area contributed by atoms with Gasteiger partial charge in [0.2, 0.25) is 0 Å². The molecule has 0 aliphatic carbocycles. The summed E-state index contributed by atoms with van der Waals surface area (Å²) >= 11 is 1.60. The van der Waals surface area contributed by atoms with Crippen LogP contribution in [0.3, 0.4) is 0 Å². The smallest absolute Gasteiger partial charge is 0.323 e. The molecule has 0 saturated carbocycles. The molecule has 1 saturated heterocycles. The number of benzene rings is 2. The number of unbranched alkanes of at least 4 members (excludes halogenated alkanes) is 1. The molecule has 1 aliphatic heterocycles. The number of nitrogens with two attached hydrogens (primary N) is 15. The normalized spacial score (nSPS) is 13.9. The first-order valence-electron chi connectivity index (χ1n) is 35.2. The SMILES string of the molecule is CC(C)[C@H](N)C(=O)O.CSCC[C@H](N)C(=O)O.C[C@@H](O)[C@H](N)C(=O)O.C[C@H](N)C(=O)O.NC(N)=NCCC[C@H](N)C(=O)O.NCC(=O)O.NCCCC[C@H](N)C(=O)O.N[C@@H](CCC(=O)O)C(=O)O.N[C@@H](CO)C(=O)O.N[C@@H](Cc1ccc(O)cc1)C(=O)O.N[C@@H](Cc1ccccc1)C(=O)O.N[C@@H](Cc1cnc[nH]1)C(=O)O.O=C(O)[C@@H]1CCCN1. The number of thioether (sulfide) groups is 1. The van der Waals surface area contributed by atoms with Crippen molar-refractivity contribution in [1.82, 2.24) is 15.3 Å². The highest BCUT2D eigenvalue weighted by atomic mass is 32.2. The number of phenolic OH excluding ortho intramolecular Hbond substituents is 1. The van der Waals surface area contributed by atoms with Gasteiger partial charge in [0.1, 0.15) is 78.3 Å². The molecule has 0 unspecified atom stereocenters. The van der Waals surface area contributed by atoms with Crippen molar-refractivity contribution in [3.05, 3.63) is 83.9 Å². The van der Waals surface area contributed by atoms with Gasteiger partial charge < -0.3 is 183 Å². The topological polar surface area (TPSA) is 1030 Å². The number of aliphatic hydroxyl groups is 2. The lowest BCUT2D eigenvalue weighted by atomic mass is 10.1. The van der Waals surface area contributed by atoms with E-state index in [-0.39, 0.29) is 55.9 Å². The first kappa shape index (κ1) is 126. The van der Waals surface area contributed by atoms with Crippen LogP contribution >= 0.6 is 11.8 Å². The first-order chi connectivity index (χ1) is 54.9. The number of hydrogen-bond acceptors (Lipinski definition) is 34. The van der Waals surface area contributed by atoms with E-state index in [4.69, 9.17) is 167 Å². The monoisotopic (exact) mass is 1740 g/mol. The molecule has 2 heterocycles. The fourth-order valence-electron chi connectivity index (χ4n) is 6.16. The second kappa shape index (κ2) is 79.5. The Hall–Kier alpha value is -11.0. The van der Waals surface area contributed by atoms with Gasteiger partial charge in [0, 0.05) is 31.3 Å². The Morgan fingerprint density at radius 2 is 0.882 bits per heavy atom. The molecule has 0 bridgehead atoms. The largest absolute Gasteiger partial charge is 0.508 e. The fraction of sp³-hybridized carbons (Fsp3) is 0.559. The molecule has 119 heavy (non-hydrogen) atoms. The van der Waals surface area contributed by atoms with E-state index in [0.29, 0.717) is 45.2 Å². The molecule has 0 amide bonds. The average molecular weight is 1740 g/mol. The van der Waals surface area contributed by atoms with Gasteiger partial charge in [0.05, 0.1) is 25.6 Å². The molecule has 1 aromatic heterocycles. The molecule has 686 valence electrons. The number of aromatic nitrogens is 2. The Morgan fingerprint density at radius 3 is 1.14 bits per heavy atom. The lowest BCUT2D eigenvalue weighted by Gasteiger charge is -2.07. The van der Waals surface area contributed by atoms with E-state index >= 15 is 0 Å². The van der Waals surface area contributed by atoms with E-state index < -0.39 is 163 Å². The molecular formula is C68H127N19O31S. The Kier molecular flexibility index (Phi) is 84.3. The average Bonchev–Trinajstić information content (AvgIpc) is 1.70. The van der Waals surface area contributed by atoms with Gasteiger partial charge >= 0.3 is 83.6 Å². The van der Waals surface area contributed by atoms with Crippen molar-refractivity contribution in [3.63, 3.8) is 0 Å². The summed E-state index contributed by atoms with van der Waals surface area (Å²) in [5.74, 6) is -13.0. The minimum atomic E-state index is -1.18. The number of rotatable bonds is 36. The van der Waals surface area contributed by atoms with Gasteiger partial charge in [-0.05, 0) is 132 Å². The van der Waals surface area contributed by atoms with Crippen molar-refractivity contribution >= 4 is 101 Å². The Bertz CT molecular complexity index is 3240. The third-order valence-electron chi connectivity index (χ3n) is 13.4. The number of carboxylic acids is 14. The van der Waals surface area contributed by atoms with E-state index in [1.165, 1.54) is 32.3 Å². The molecule has 51 heteroatoms. The van der Waals surface area contributed by atoms with Gasteiger partial charge in [-0.15, -0.1) is 0 Å². The van der Waals surface area contributed by atoms with Crippen LogP contribution in [0.25, 0.3) is 0 Å². The predicted molar refractivity (Wildman–Crippen MR) is 433 cm³/mol. The van der Waals surface area contributed by atoms with Crippen LogP contribution in [0, 0.1) is 5.92 Å². The van der Waals surface area contributed by atoms with Crippen molar-refractivity contribution in [2.45, 2.75) is 190 Å². The molecule has 2 aromatic carbocycles. The number of H-pyrrole nitrogens is 1. The highest BCUT2D eigenvalue weighted by Gasteiger charge is 2.21. The molecule has 4 rings (SSSR count). The summed E-state index contributed by atoms with van der Waals surface area (Å²) in [4.78, 5) is 150. The van der Waals surface area contributed by atoms with Crippen LogP contribution in [-0.4, -0.2) is 310 Å². The van der Waals surface area contributed by atoms with Gasteiger partial charge in [0.15, 0.2) is 5.96 Å². The second-order valence-corrected chi connectivity index (χ2v) is 25.4. The Labute approximate surface area is 689 Å². The van der Waals surface area contributed by atoms with E-state index in [0.717, 1.165) is 54.8 Å². The maximum atomic E-state index is 10.4. The third-order valence-corrected chi connectivity index (χ3v) is 14.0. The van der Waals surface area contributed by atoms with Gasteiger partial charge in [0.25, 0.3) is 0 Å². The van der Waals surface area contributed by atoms with Crippen LogP contribution in [0.1, 0.15) is 109 Å². The van der Waals surface area contributed by atoms with Gasteiger partial charge in [-0.25, -0.2) is 4.98 Å². The lowest BCUT2D eigenvalue weighted by Crippen LogP contribution is -2.39. The van der Waals surface area contributed by atoms with Crippen LogP contribution in [0.2, 0.25) is 0 Å². The summed E-state index contributed by atoms with van der Waals surface area (Å²) in [5.41, 5.74) is 78.6. The quantitative estimate of drug-likeness (QED) is 0.0146. The van der Waals surface area contributed by atoms with Gasteiger partial charge in [-0.3, -0.25) is 72.1 Å². The molecule has 49 N–H and O–H groups in total. The Balaban J connectivity index is -0.000000158. The number of nitrogens with zero attached hydrogens (tertiary/aromatic N) is 2. The number of carbonyl (C=O) groups is 14. The summed E-state index contributed by atoms with van der Waals surface area (Å²) < 4.78 is 0. The van der Waals surface area contributed by atoms with Crippen LogP contribution in [0.5, 0.6) is 5.75 Å². The van der Waals surface area contributed by atoms with Crippen LogP contribution in [0.4, 0.5) is 0 Å². The number of hydrogen-bond donors (Lipinski definition) is 34. The molecule has 1 aliphatic rings. The summed E-state index contributed by atoms with van der Waals surface area (Å²) in [5, 5.41) is 143. The lowest BCUT2D eigenvalue weighted by molar-refractivity contribution is -0.141. The summed E-state index contributed by atoms with van der Waals surface area (Å²) in [7, 11) is 0. The van der Waals surface area contributed by atoms with E-state index in [2.05, 4.69) is 26.0 Å². The van der Waals surface area contributed by atoms with E-state index in [9.17, 15) is 67.1 Å². The number of aliphatic imine (C=N–C) groups is 1. The van der Waals surface area contributed by atoms with Crippen LogP contribution in [-0.2, 0) is 86.4 Å². The number of aromatic amines is 1. The third kappa shape index (κ3) is 90.8. The molecule has 0 radical (unpaired) electrons. The number of carboxylic acid groups (broad SMARTS) is 14. The molecule has 3 aromatic rings. The highest BCUT2D eigenvalue weighted by Crippen LogP contribution is 2.11. The summed E-state index contributed by atoms with van der Waals surface area (Å²) in [6, 6.07) is 5.84. The van der Waals surface area contributed by atoms with Crippen molar-refractivity contribution in [3.8, 4) is 5.75 Å². The second-order valence-electron chi connectivity index (χ2n) is 24.5. The number of aromatic hydroxyl groups is 1. The zero-order valence-electron chi connectivity index (χ0n) is 66.6. The first-order valence-corrected chi connectivity index (χ1v) is 36.6. The summed E-state index contributed by atoms with van der Waals surface area (Å²) in [6.45, 7) is 7.40. The molecular weight excluding hydrogens is 1610 g/mol. The van der Waals surface area contributed by atoms with Gasteiger partial charge in [-0.2, -0.15) is 11.8 Å². The number of guanidine groups is 1. The number of phenols is 1. The zero-order chi connectivity index (χ0) is 94.8. The number of nitrogens with one attached hydrogen (secondary N) is 2. The predicted octanol–water partition coefficient (Wildman–Crippen LogP) is -6.76. The van der Waals surface area contributed by atoms with Crippen molar-refractivity contribution in [1.29, 1.82) is 0 Å². The summed E-state index contributed by atoms with van der Waals surface area (Å²) in [6.07, 6.45) is 10.2. The standard InChI is InChI=1S/C9H11NO3.C9H11NO2.C6H14N4O2.C6H9N3O2.C6H14N2O2.C5H9NO4.C5H11NO2S.C5H9NO2.C5H11NO2.C4H9NO3.C3H7NO3.C3H7NO2.C2H5NO2/c10-8(9(12)13)5-6-1-3-7(11)4-2-6;10-8(9(11)12)6-7-4-2-1-3-5-7;7-4(5(11)12)2-1-3-10-6(8)9;7-5(6(10)11)1-4-2-8-3-9-4;7-4-2-1-3-5(8)6(9)10;6-3(5(9)10)1-2-4(7)8;1-9-3-2-4(6)5(7)8;7-5(8)4-2-1-3-6-4;1-3(2)4(6)5(7)8;1-2(6)3(5)4(7)8;4-2(1-5)3(6)7;1-2(4)3(5)6;3-1-2(4)5/h1-4,8,11H,5,10H2,(H,12,13);1-5,8H,6,10H2,(H,11,12);4H,1-3,7H2,(H,11,12)(H4,8,9,10);2-3,5H,1,7H2,(H,8,9)(H,10,11);5H,1-4,7-8H2,(H,9,10);3H,1-2,6H2,(H,7,8)(H,9,10);4H,2-3,6H2,1H3,(H,7,8);4,6H,1-3H2,(H,7,8);3-4H,6H2,1-2H3,(H,7,8);2-3,6H,5H2,1H3,(H,7,8);2,5H,1,4H2,(H,6,7);2H,4H2,1H3,(H,5,6);1,3H2,(H,4,5)/t2*8-;4-;2*5-;3-;3*4-;2-,3+;2*2-;/m000000000100./s1. The highest BCUT2D eigenvalue weighted by molar-refractivity contribution is 7.98. The van der Waals surface area contributed by atoms with Crippen LogP contribution in [0.15, 0.2) is 72.1 Å². The number of aliphatic hydroxyl groups excluding tert-OH is 2. The Morgan fingerprint density at radius 1 is 0.496 bits per heavy atom.